The summed E-state index contributed by atoms with van der Waals surface area (Å²) in [5.74, 6) is 0.927. The van der Waals surface area contributed by atoms with Crippen LogP contribution in [0.4, 0.5) is 0 Å². The molecule has 0 heterocycles. The van der Waals surface area contributed by atoms with Gasteiger partial charge in [-0.3, -0.25) is 4.79 Å². The van der Waals surface area contributed by atoms with Crippen LogP contribution in [-0.4, -0.2) is 49.4 Å². The van der Waals surface area contributed by atoms with E-state index in [1.165, 1.54) is 12.8 Å². The van der Waals surface area contributed by atoms with E-state index in [0.29, 0.717) is 0 Å². The predicted octanol–water partition coefficient (Wildman–Crippen LogP) is 3.17. The summed E-state index contributed by atoms with van der Waals surface area (Å²) in [5.41, 5.74) is 0. The average molecular weight is 268 g/mol. The summed E-state index contributed by atoms with van der Waals surface area (Å²) >= 11 is 0. The molecule has 0 radical (unpaired) electrons. The Morgan fingerprint density at radius 1 is 1.21 bits per heavy atom. The van der Waals surface area contributed by atoms with Crippen molar-refractivity contribution in [3.8, 4) is 0 Å². The fraction of sp³-hybridized carbons (Fsp3) is 0.812. The highest BCUT2D eigenvalue weighted by Crippen LogP contribution is 2.10. The van der Waals surface area contributed by atoms with Crippen LogP contribution < -0.4 is 0 Å². The summed E-state index contributed by atoms with van der Waals surface area (Å²) in [5, 5.41) is 0. The van der Waals surface area contributed by atoms with Crippen molar-refractivity contribution in [3.05, 3.63) is 12.2 Å². The third-order valence-corrected chi connectivity index (χ3v) is 3.36. The molecule has 0 saturated heterocycles. The molecule has 1 amide bonds. The summed E-state index contributed by atoms with van der Waals surface area (Å²) in [7, 11) is 4.01. The van der Waals surface area contributed by atoms with E-state index in [1.54, 1.807) is 6.08 Å². The van der Waals surface area contributed by atoms with Gasteiger partial charge in [0.15, 0.2) is 0 Å². The van der Waals surface area contributed by atoms with Gasteiger partial charge in [0.25, 0.3) is 0 Å². The second kappa shape index (κ2) is 11.0. The molecule has 0 bridgehead atoms. The number of hydrogen-bond donors (Lipinski definition) is 0. The number of amides is 1. The standard InChI is InChI=1S/C16H32N2O/c1-6-12-18(14-8-10-15(3)7-2)16(19)11-9-13-17(4)5/h9,11,15H,6-8,10,12-14H2,1-5H3/b11-9+. The molecule has 0 rings (SSSR count). The summed E-state index contributed by atoms with van der Waals surface area (Å²) in [6.45, 7) is 9.21. The van der Waals surface area contributed by atoms with Crippen LogP contribution in [0.5, 0.6) is 0 Å². The Morgan fingerprint density at radius 2 is 1.89 bits per heavy atom. The minimum absolute atomic E-state index is 0.160. The molecular formula is C16H32N2O. The zero-order valence-corrected chi connectivity index (χ0v) is 13.5. The lowest BCUT2D eigenvalue weighted by molar-refractivity contribution is -0.126. The number of nitrogens with zero attached hydrogens (tertiary/aromatic N) is 2. The van der Waals surface area contributed by atoms with Crippen molar-refractivity contribution in [1.29, 1.82) is 0 Å². The normalized spacial score (nSPS) is 13.2. The lowest BCUT2D eigenvalue weighted by Gasteiger charge is -2.21. The van der Waals surface area contributed by atoms with Crippen LogP contribution in [0, 0.1) is 5.92 Å². The van der Waals surface area contributed by atoms with Crippen molar-refractivity contribution in [1.82, 2.24) is 9.80 Å². The lowest BCUT2D eigenvalue weighted by atomic mass is 10.0. The Kier molecular flexibility index (Phi) is 10.6. The molecular weight excluding hydrogens is 236 g/mol. The Hall–Kier alpha value is -0.830. The van der Waals surface area contributed by atoms with E-state index in [4.69, 9.17) is 0 Å². The van der Waals surface area contributed by atoms with Gasteiger partial charge in [-0.25, -0.2) is 0 Å². The summed E-state index contributed by atoms with van der Waals surface area (Å²) in [6, 6.07) is 0. The van der Waals surface area contributed by atoms with Gasteiger partial charge in [-0.1, -0.05) is 33.3 Å². The fourth-order valence-corrected chi connectivity index (χ4v) is 1.91. The topological polar surface area (TPSA) is 23.6 Å². The first-order chi connectivity index (χ1) is 9.01. The molecule has 1 unspecified atom stereocenters. The van der Waals surface area contributed by atoms with Crippen LogP contribution in [0.1, 0.15) is 46.5 Å². The lowest BCUT2D eigenvalue weighted by Crippen LogP contribution is -2.31. The number of likely N-dealkylation sites (N-methyl/N-ethyl adjacent to an activating group) is 1. The van der Waals surface area contributed by atoms with Gasteiger partial charge in [0, 0.05) is 25.7 Å². The molecule has 0 aliphatic carbocycles. The molecule has 0 aliphatic rings. The molecule has 0 N–H and O–H groups in total. The van der Waals surface area contributed by atoms with Gasteiger partial charge in [-0.05, 0) is 39.3 Å². The summed E-state index contributed by atoms with van der Waals surface area (Å²) < 4.78 is 0. The highest BCUT2D eigenvalue weighted by molar-refractivity contribution is 5.87. The van der Waals surface area contributed by atoms with E-state index in [2.05, 4.69) is 25.7 Å². The van der Waals surface area contributed by atoms with Gasteiger partial charge in [0.2, 0.25) is 5.91 Å². The Labute approximate surface area is 119 Å². The van der Waals surface area contributed by atoms with Crippen molar-refractivity contribution < 1.29 is 4.79 Å². The largest absolute Gasteiger partial charge is 0.339 e. The van der Waals surface area contributed by atoms with Crippen molar-refractivity contribution in [2.24, 2.45) is 5.92 Å². The highest BCUT2D eigenvalue weighted by atomic mass is 16.2. The smallest absolute Gasteiger partial charge is 0.246 e. The van der Waals surface area contributed by atoms with E-state index in [0.717, 1.165) is 38.4 Å². The van der Waals surface area contributed by atoms with Crippen molar-refractivity contribution in [2.45, 2.75) is 46.5 Å². The molecule has 0 aromatic carbocycles. The SMILES string of the molecule is CCCN(CCCC(C)CC)C(=O)/C=C/CN(C)C. The van der Waals surface area contributed by atoms with Gasteiger partial charge in [-0.15, -0.1) is 0 Å². The molecule has 0 aliphatic heterocycles. The minimum Gasteiger partial charge on any atom is -0.339 e. The second-order valence-corrected chi connectivity index (χ2v) is 5.65. The number of carbonyl (C=O) groups excluding carboxylic acids is 1. The van der Waals surface area contributed by atoms with Gasteiger partial charge in [0.1, 0.15) is 0 Å². The highest BCUT2D eigenvalue weighted by Gasteiger charge is 2.09. The molecule has 3 heteroatoms. The van der Waals surface area contributed by atoms with E-state index < -0.39 is 0 Å². The van der Waals surface area contributed by atoms with Crippen LogP contribution in [-0.2, 0) is 4.79 Å². The van der Waals surface area contributed by atoms with Crippen LogP contribution in [0.3, 0.4) is 0 Å². The van der Waals surface area contributed by atoms with E-state index in [1.807, 2.05) is 25.1 Å². The molecule has 0 aromatic rings. The maximum absolute atomic E-state index is 12.1. The first-order valence-corrected chi connectivity index (χ1v) is 7.61. The van der Waals surface area contributed by atoms with Gasteiger partial charge in [0.05, 0.1) is 0 Å². The zero-order valence-electron chi connectivity index (χ0n) is 13.5. The maximum atomic E-state index is 12.1. The molecule has 0 fully saturated rings. The Morgan fingerprint density at radius 3 is 2.42 bits per heavy atom. The quantitative estimate of drug-likeness (QED) is 0.568. The van der Waals surface area contributed by atoms with Crippen molar-refractivity contribution >= 4 is 5.91 Å². The summed E-state index contributed by atoms with van der Waals surface area (Å²) in [6.07, 6.45) is 8.24. The van der Waals surface area contributed by atoms with Gasteiger partial charge in [-0.2, -0.15) is 0 Å². The first kappa shape index (κ1) is 18.2. The van der Waals surface area contributed by atoms with Crippen molar-refractivity contribution in [2.75, 3.05) is 33.7 Å². The van der Waals surface area contributed by atoms with Gasteiger partial charge >= 0.3 is 0 Å². The molecule has 0 spiro atoms. The fourth-order valence-electron chi connectivity index (χ4n) is 1.91. The molecule has 0 saturated carbocycles. The molecule has 19 heavy (non-hydrogen) atoms. The average Bonchev–Trinajstić information content (AvgIpc) is 2.36. The number of carbonyl (C=O) groups is 1. The zero-order chi connectivity index (χ0) is 14.7. The van der Waals surface area contributed by atoms with Crippen LogP contribution in [0.25, 0.3) is 0 Å². The first-order valence-electron chi connectivity index (χ1n) is 7.61. The maximum Gasteiger partial charge on any atom is 0.246 e. The third-order valence-electron chi connectivity index (χ3n) is 3.36. The van der Waals surface area contributed by atoms with Crippen LogP contribution in [0.15, 0.2) is 12.2 Å². The van der Waals surface area contributed by atoms with Gasteiger partial charge < -0.3 is 9.80 Å². The minimum atomic E-state index is 0.160. The third kappa shape index (κ3) is 9.71. The van der Waals surface area contributed by atoms with Crippen LogP contribution in [0.2, 0.25) is 0 Å². The molecule has 1 atom stereocenters. The van der Waals surface area contributed by atoms with Crippen molar-refractivity contribution in [3.63, 3.8) is 0 Å². The van der Waals surface area contributed by atoms with E-state index in [9.17, 15) is 4.79 Å². The summed E-state index contributed by atoms with van der Waals surface area (Å²) in [4.78, 5) is 16.1. The Bertz CT molecular complexity index is 261. The monoisotopic (exact) mass is 268 g/mol. The van der Waals surface area contributed by atoms with E-state index in [-0.39, 0.29) is 5.91 Å². The predicted molar refractivity (Wildman–Crippen MR) is 83.3 cm³/mol. The van der Waals surface area contributed by atoms with Crippen LogP contribution >= 0.6 is 0 Å². The number of hydrogen-bond acceptors (Lipinski definition) is 2. The number of rotatable bonds is 10. The molecule has 112 valence electrons. The van der Waals surface area contributed by atoms with E-state index >= 15 is 0 Å². The molecule has 0 aromatic heterocycles. The Balaban J connectivity index is 4.14. The second-order valence-electron chi connectivity index (χ2n) is 5.65. The molecule has 3 nitrogen and oxygen atoms in total.